The van der Waals surface area contributed by atoms with E-state index in [1.807, 2.05) is 28.8 Å². The average Bonchev–Trinajstić information content (AvgIpc) is 2.80. The van der Waals surface area contributed by atoms with Crippen molar-refractivity contribution < 1.29 is 4.79 Å². The van der Waals surface area contributed by atoms with Gasteiger partial charge in [0.2, 0.25) is 0 Å². The number of Topliss-reactive ketones (excluding diaryl/α,β-unsaturated/α-hetero) is 1. The number of hydrogen-bond acceptors (Lipinski definition) is 3. The molecule has 2 heterocycles. The van der Waals surface area contributed by atoms with E-state index >= 15 is 0 Å². The van der Waals surface area contributed by atoms with Gasteiger partial charge < -0.3 is 5.32 Å². The molecule has 0 unspecified atom stereocenters. The zero-order valence-corrected chi connectivity index (χ0v) is 17.7. The van der Waals surface area contributed by atoms with Crippen molar-refractivity contribution in [3.63, 3.8) is 0 Å². The molecule has 28 heavy (non-hydrogen) atoms. The number of aromatic nitrogens is 2. The summed E-state index contributed by atoms with van der Waals surface area (Å²) in [5.74, 6) is -0.0598. The van der Waals surface area contributed by atoms with Crippen molar-refractivity contribution in [2.75, 3.05) is 0 Å². The van der Waals surface area contributed by atoms with E-state index in [9.17, 15) is 9.59 Å². The molecule has 5 nitrogen and oxygen atoms in total. The molecule has 0 fully saturated rings. The van der Waals surface area contributed by atoms with Gasteiger partial charge in [-0.1, -0.05) is 54.0 Å². The molecule has 146 valence electrons. The molecule has 1 N–H and O–H groups in total. The summed E-state index contributed by atoms with van der Waals surface area (Å²) in [4.78, 5) is 25.9. The zero-order chi connectivity index (χ0) is 19.8. The largest absolute Gasteiger partial charge is 0.329 e. The highest BCUT2D eigenvalue weighted by Crippen LogP contribution is 2.24. The molecule has 0 spiro atoms. The number of rotatable bonds is 5. The Kier molecular flexibility index (Phi) is 5.25. The van der Waals surface area contributed by atoms with E-state index in [0.29, 0.717) is 24.2 Å². The van der Waals surface area contributed by atoms with Crippen molar-refractivity contribution in [3.8, 4) is 0 Å². The average molecular weight is 442 g/mol. The molecule has 6 heteroatoms. The number of imidazole rings is 1. The van der Waals surface area contributed by atoms with E-state index in [1.165, 1.54) is 5.56 Å². The first-order valence-corrected chi connectivity index (χ1v) is 10.5. The van der Waals surface area contributed by atoms with E-state index in [-0.39, 0.29) is 18.0 Å². The molecule has 1 aliphatic heterocycles. The maximum atomic E-state index is 13.2. The molecule has 0 aliphatic carbocycles. The monoisotopic (exact) mass is 441 g/mol. The second-order valence-electron chi connectivity index (χ2n) is 7.75. The second-order valence-corrected chi connectivity index (χ2v) is 8.66. The van der Waals surface area contributed by atoms with Crippen LogP contribution in [0.3, 0.4) is 0 Å². The number of carbonyl (C=O) groups is 1. The highest BCUT2D eigenvalue weighted by molar-refractivity contribution is 9.10. The Morgan fingerprint density at radius 2 is 1.96 bits per heavy atom. The van der Waals surface area contributed by atoms with E-state index in [0.717, 1.165) is 28.3 Å². The molecule has 2 aromatic carbocycles. The predicted octanol–water partition coefficient (Wildman–Crippen LogP) is 3.76. The minimum atomic E-state index is -0.0990. The van der Waals surface area contributed by atoms with Gasteiger partial charge in [-0.05, 0) is 36.6 Å². The van der Waals surface area contributed by atoms with Crippen LogP contribution in [-0.2, 0) is 19.5 Å². The summed E-state index contributed by atoms with van der Waals surface area (Å²) in [6, 6.07) is 14.0. The summed E-state index contributed by atoms with van der Waals surface area (Å²) in [5.41, 5.74) is 3.50. The first-order valence-electron chi connectivity index (χ1n) is 9.70. The lowest BCUT2D eigenvalue weighted by Crippen LogP contribution is -2.37. The van der Waals surface area contributed by atoms with Gasteiger partial charge in [-0.15, -0.1) is 0 Å². The lowest BCUT2D eigenvalue weighted by molar-refractivity contribution is 0.0972. The van der Waals surface area contributed by atoms with Gasteiger partial charge in [-0.3, -0.25) is 13.9 Å². The number of carbonyl (C=O) groups excluding carboxylic acids is 1. The Balaban J connectivity index is 1.72. The fourth-order valence-corrected chi connectivity index (χ4v) is 4.38. The molecule has 1 aromatic heterocycles. The maximum absolute atomic E-state index is 13.2. The van der Waals surface area contributed by atoms with E-state index in [1.54, 1.807) is 16.7 Å². The minimum absolute atomic E-state index is 0.0566. The van der Waals surface area contributed by atoms with Crippen molar-refractivity contribution in [1.29, 1.82) is 0 Å². The number of para-hydroxylation sites is 1. The summed E-state index contributed by atoms with van der Waals surface area (Å²) in [6.07, 6.45) is 1.78. The highest BCUT2D eigenvalue weighted by atomic mass is 79.9. The van der Waals surface area contributed by atoms with Crippen molar-refractivity contribution >= 4 is 32.7 Å². The summed E-state index contributed by atoms with van der Waals surface area (Å²) in [5, 5.41) is 3.60. The van der Waals surface area contributed by atoms with Gasteiger partial charge >= 0.3 is 5.69 Å². The second kappa shape index (κ2) is 7.68. The summed E-state index contributed by atoms with van der Waals surface area (Å²) < 4.78 is 4.40. The molecule has 4 rings (SSSR count). The molecule has 0 amide bonds. The van der Waals surface area contributed by atoms with Gasteiger partial charge in [0.15, 0.2) is 5.78 Å². The number of aryl methyl sites for hydroxylation is 1. The number of halogens is 1. The summed E-state index contributed by atoms with van der Waals surface area (Å²) >= 11 is 3.39. The highest BCUT2D eigenvalue weighted by Gasteiger charge is 2.24. The fourth-order valence-electron chi connectivity index (χ4n) is 4.11. The van der Waals surface area contributed by atoms with Gasteiger partial charge in [0.1, 0.15) is 0 Å². The Bertz CT molecular complexity index is 1080. The minimum Gasteiger partial charge on any atom is -0.311 e. The fraction of sp³-hybridized carbons (Fsp3) is 0.364. The first-order chi connectivity index (χ1) is 13.4. The quantitative estimate of drug-likeness (QED) is 0.613. The number of ketones is 1. The van der Waals surface area contributed by atoms with Gasteiger partial charge in [0, 0.05) is 28.7 Å². The van der Waals surface area contributed by atoms with Gasteiger partial charge in [0.25, 0.3) is 0 Å². The van der Waals surface area contributed by atoms with Crippen LogP contribution < -0.4 is 11.0 Å². The van der Waals surface area contributed by atoms with Crippen LogP contribution in [0, 0.1) is 0 Å². The molecule has 0 radical (unpaired) electrons. The molecule has 3 aromatic rings. The van der Waals surface area contributed by atoms with Crippen molar-refractivity contribution in [2.24, 2.45) is 0 Å². The Morgan fingerprint density at radius 3 is 2.68 bits per heavy atom. The number of hydrogen-bond donors (Lipinski definition) is 1. The number of nitrogens with one attached hydrogen (secondary N) is 1. The van der Waals surface area contributed by atoms with Crippen LogP contribution in [-0.4, -0.2) is 27.0 Å². The van der Waals surface area contributed by atoms with Gasteiger partial charge in [-0.2, -0.15) is 0 Å². The topological polar surface area (TPSA) is 56.0 Å². The van der Waals surface area contributed by atoms with E-state index < -0.39 is 0 Å². The van der Waals surface area contributed by atoms with Crippen LogP contribution in [0.2, 0.25) is 0 Å². The predicted molar refractivity (Wildman–Crippen MR) is 115 cm³/mol. The van der Waals surface area contributed by atoms with Crippen molar-refractivity contribution in [3.05, 3.63) is 68.5 Å². The van der Waals surface area contributed by atoms with Gasteiger partial charge in [0.05, 0.1) is 17.6 Å². The van der Waals surface area contributed by atoms with Gasteiger partial charge in [-0.25, -0.2) is 4.79 Å². The van der Waals surface area contributed by atoms with E-state index in [4.69, 9.17) is 0 Å². The summed E-state index contributed by atoms with van der Waals surface area (Å²) in [6.45, 7) is 5.01. The van der Waals surface area contributed by atoms with Crippen LogP contribution in [0.25, 0.3) is 11.0 Å². The van der Waals surface area contributed by atoms with Crippen LogP contribution >= 0.6 is 15.9 Å². The molecule has 1 atom stereocenters. The standard InChI is InChI=1S/C22H24BrN3O2/c1-14(2)24-18-10-11-25-21-16(12-18)4-3-5-19(21)26(22(25)28)13-20(27)15-6-8-17(23)9-7-15/h3-9,14,18,24H,10-13H2,1-2H3/t18-/m1/s1. The lowest BCUT2D eigenvalue weighted by Gasteiger charge is -2.19. The molecular weight excluding hydrogens is 418 g/mol. The zero-order valence-electron chi connectivity index (χ0n) is 16.1. The first kappa shape index (κ1) is 19.2. The SMILES string of the molecule is CC(C)N[C@@H]1CCn2c(=O)n(CC(=O)c3ccc(Br)cc3)c3cccc(c32)C1. The van der Waals surface area contributed by atoms with Crippen LogP contribution in [0.5, 0.6) is 0 Å². The third kappa shape index (κ3) is 3.59. The molecular formula is C22H24BrN3O2. The van der Waals surface area contributed by atoms with E-state index in [2.05, 4.69) is 41.2 Å². The number of benzene rings is 2. The maximum Gasteiger partial charge on any atom is 0.329 e. The molecule has 1 aliphatic rings. The molecule has 0 saturated carbocycles. The van der Waals surface area contributed by atoms with Crippen LogP contribution in [0.15, 0.2) is 51.7 Å². The third-order valence-corrected chi connectivity index (χ3v) is 5.85. The summed E-state index contributed by atoms with van der Waals surface area (Å²) in [7, 11) is 0. The Morgan fingerprint density at radius 1 is 1.21 bits per heavy atom. The van der Waals surface area contributed by atoms with Crippen LogP contribution in [0.4, 0.5) is 0 Å². The lowest BCUT2D eigenvalue weighted by atomic mass is 10.0. The smallest absolute Gasteiger partial charge is 0.311 e. The van der Waals surface area contributed by atoms with Crippen molar-refractivity contribution in [2.45, 2.75) is 51.9 Å². The Labute approximate surface area is 172 Å². The number of nitrogens with zero attached hydrogens (tertiary/aromatic N) is 2. The molecule has 0 saturated heterocycles. The molecule has 0 bridgehead atoms. The third-order valence-electron chi connectivity index (χ3n) is 5.33. The normalized spacial score (nSPS) is 16.5. The Hall–Kier alpha value is -2.18. The van der Waals surface area contributed by atoms with Crippen LogP contribution in [0.1, 0.15) is 36.2 Å². The van der Waals surface area contributed by atoms with Crippen molar-refractivity contribution in [1.82, 2.24) is 14.5 Å².